The smallest absolute Gasteiger partial charge is 0.00166 e. The molecule has 1 rings (SSSR count). The van der Waals surface area contributed by atoms with E-state index in [9.17, 15) is 0 Å². The molecule has 0 bridgehead atoms. The molecular weight excluding hydrogens is 110 g/mol. The summed E-state index contributed by atoms with van der Waals surface area (Å²) in [5.74, 6) is 0.749. The van der Waals surface area contributed by atoms with Gasteiger partial charge in [-0.25, -0.2) is 0 Å². The van der Waals surface area contributed by atoms with Gasteiger partial charge in [-0.15, -0.1) is 0 Å². The molecule has 0 aromatic carbocycles. The van der Waals surface area contributed by atoms with Crippen molar-refractivity contribution in [3.05, 3.63) is 12.2 Å². The third kappa shape index (κ3) is 1.83. The van der Waals surface area contributed by atoms with Gasteiger partial charge in [0.2, 0.25) is 0 Å². The van der Waals surface area contributed by atoms with Crippen molar-refractivity contribution in [3.8, 4) is 0 Å². The van der Waals surface area contributed by atoms with Crippen molar-refractivity contribution in [2.75, 3.05) is 13.1 Å². The first kappa shape index (κ1) is 6.81. The van der Waals surface area contributed by atoms with Crippen molar-refractivity contribution in [1.82, 2.24) is 5.32 Å². The topological polar surface area (TPSA) is 12.0 Å². The molecule has 0 amide bonds. The van der Waals surface area contributed by atoms with Crippen LogP contribution in [0.25, 0.3) is 0 Å². The van der Waals surface area contributed by atoms with Crippen molar-refractivity contribution in [2.24, 2.45) is 5.92 Å². The lowest BCUT2D eigenvalue weighted by Crippen LogP contribution is -2.29. The van der Waals surface area contributed by atoms with Gasteiger partial charge < -0.3 is 5.32 Å². The summed E-state index contributed by atoms with van der Waals surface area (Å²) >= 11 is 0. The molecule has 9 heavy (non-hydrogen) atoms. The van der Waals surface area contributed by atoms with E-state index in [0.29, 0.717) is 0 Å². The van der Waals surface area contributed by atoms with Crippen molar-refractivity contribution in [1.29, 1.82) is 0 Å². The van der Waals surface area contributed by atoms with Gasteiger partial charge in [0.05, 0.1) is 0 Å². The molecular formula is C8H15N. The average molecular weight is 125 g/mol. The van der Waals surface area contributed by atoms with Crippen LogP contribution in [-0.2, 0) is 0 Å². The molecule has 1 fully saturated rings. The fourth-order valence-electron chi connectivity index (χ4n) is 1.27. The number of piperidine rings is 1. The first-order valence-electron chi connectivity index (χ1n) is 3.67. The van der Waals surface area contributed by atoms with Crippen LogP contribution in [-0.4, -0.2) is 13.1 Å². The third-order valence-electron chi connectivity index (χ3n) is 1.99. The summed E-state index contributed by atoms with van der Waals surface area (Å²) in [6.45, 7) is 8.41. The predicted octanol–water partition coefficient (Wildman–Crippen LogP) is 1.56. The molecule has 1 atom stereocenters. The summed E-state index contributed by atoms with van der Waals surface area (Å²) in [6, 6.07) is 0. The molecule has 52 valence electrons. The molecule has 1 nitrogen and oxygen atoms in total. The Hall–Kier alpha value is -0.300. The number of rotatable bonds is 1. The fraction of sp³-hybridized carbons (Fsp3) is 0.750. The minimum Gasteiger partial charge on any atom is -0.316 e. The Morgan fingerprint density at radius 2 is 2.44 bits per heavy atom. The van der Waals surface area contributed by atoms with Crippen LogP contribution in [0.15, 0.2) is 12.2 Å². The van der Waals surface area contributed by atoms with Gasteiger partial charge in [-0.3, -0.25) is 0 Å². The summed E-state index contributed by atoms with van der Waals surface area (Å²) in [5, 5.41) is 3.36. The summed E-state index contributed by atoms with van der Waals surface area (Å²) < 4.78 is 0. The van der Waals surface area contributed by atoms with Crippen molar-refractivity contribution in [2.45, 2.75) is 19.8 Å². The Labute approximate surface area is 57.1 Å². The van der Waals surface area contributed by atoms with Crippen LogP contribution in [0.2, 0.25) is 0 Å². The van der Waals surface area contributed by atoms with Gasteiger partial charge in [-0.05, 0) is 32.2 Å². The van der Waals surface area contributed by atoms with Gasteiger partial charge in [0, 0.05) is 6.54 Å². The van der Waals surface area contributed by atoms with E-state index in [-0.39, 0.29) is 0 Å². The molecule has 1 saturated heterocycles. The normalized spacial score (nSPS) is 27.9. The molecule has 0 radical (unpaired) electrons. The van der Waals surface area contributed by atoms with Gasteiger partial charge in [0.1, 0.15) is 0 Å². The van der Waals surface area contributed by atoms with Crippen LogP contribution in [0.5, 0.6) is 0 Å². The van der Waals surface area contributed by atoms with Crippen LogP contribution in [0, 0.1) is 5.92 Å². The number of nitrogens with one attached hydrogen (secondary N) is 1. The highest BCUT2D eigenvalue weighted by molar-refractivity contribution is 4.98. The quantitative estimate of drug-likeness (QED) is 0.524. The van der Waals surface area contributed by atoms with Gasteiger partial charge in [-0.1, -0.05) is 12.2 Å². The van der Waals surface area contributed by atoms with E-state index >= 15 is 0 Å². The highest BCUT2D eigenvalue weighted by Gasteiger charge is 2.11. The largest absolute Gasteiger partial charge is 0.316 e. The zero-order valence-electron chi connectivity index (χ0n) is 6.11. The van der Waals surface area contributed by atoms with E-state index in [2.05, 4.69) is 18.8 Å². The molecule has 1 aliphatic heterocycles. The van der Waals surface area contributed by atoms with Crippen LogP contribution in [0.1, 0.15) is 19.8 Å². The Kier molecular flexibility index (Phi) is 2.29. The molecule has 0 spiro atoms. The second kappa shape index (κ2) is 3.02. The minimum absolute atomic E-state index is 0.749. The molecule has 1 aliphatic rings. The SMILES string of the molecule is C=C(C)[C@@H]1CCCNC1. The van der Waals surface area contributed by atoms with Crippen LogP contribution >= 0.6 is 0 Å². The highest BCUT2D eigenvalue weighted by Crippen LogP contribution is 2.16. The third-order valence-corrected chi connectivity index (χ3v) is 1.99. The predicted molar refractivity (Wildman–Crippen MR) is 40.4 cm³/mol. The van der Waals surface area contributed by atoms with Gasteiger partial charge >= 0.3 is 0 Å². The van der Waals surface area contributed by atoms with Crippen molar-refractivity contribution >= 4 is 0 Å². The standard InChI is InChI=1S/C8H15N/c1-7(2)8-4-3-5-9-6-8/h8-9H,1,3-6H2,2H3/t8-/m1/s1. The monoisotopic (exact) mass is 125 g/mol. The minimum atomic E-state index is 0.749. The zero-order chi connectivity index (χ0) is 6.69. The van der Waals surface area contributed by atoms with Gasteiger partial charge in [-0.2, -0.15) is 0 Å². The van der Waals surface area contributed by atoms with E-state index in [1.54, 1.807) is 0 Å². The second-order valence-electron chi connectivity index (χ2n) is 2.89. The lowest BCUT2D eigenvalue weighted by Gasteiger charge is -2.22. The van der Waals surface area contributed by atoms with E-state index < -0.39 is 0 Å². The van der Waals surface area contributed by atoms with Crippen LogP contribution < -0.4 is 5.32 Å². The average Bonchev–Trinajstić information content (AvgIpc) is 1.90. The summed E-state index contributed by atoms with van der Waals surface area (Å²) in [6.07, 6.45) is 2.65. The molecule has 1 N–H and O–H groups in total. The summed E-state index contributed by atoms with van der Waals surface area (Å²) in [5.41, 5.74) is 1.34. The maximum absolute atomic E-state index is 3.94. The first-order chi connectivity index (χ1) is 4.30. The van der Waals surface area contributed by atoms with Gasteiger partial charge in [0.15, 0.2) is 0 Å². The maximum Gasteiger partial charge on any atom is 0.00166 e. The molecule has 0 unspecified atom stereocenters. The molecule has 1 heterocycles. The lowest BCUT2D eigenvalue weighted by atomic mass is 9.94. The highest BCUT2D eigenvalue weighted by atomic mass is 14.9. The zero-order valence-corrected chi connectivity index (χ0v) is 6.11. The molecule has 0 aromatic heterocycles. The molecule has 0 aliphatic carbocycles. The van der Waals surface area contributed by atoms with Crippen molar-refractivity contribution < 1.29 is 0 Å². The number of hydrogen-bond acceptors (Lipinski definition) is 1. The second-order valence-corrected chi connectivity index (χ2v) is 2.89. The first-order valence-corrected chi connectivity index (χ1v) is 3.67. The summed E-state index contributed by atoms with van der Waals surface area (Å²) in [7, 11) is 0. The van der Waals surface area contributed by atoms with Crippen molar-refractivity contribution in [3.63, 3.8) is 0 Å². The Balaban J connectivity index is 2.31. The van der Waals surface area contributed by atoms with E-state index in [0.717, 1.165) is 12.5 Å². The number of hydrogen-bond donors (Lipinski definition) is 1. The molecule has 0 aromatic rings. The lowest BCUT2D eigenvalue weighted by molar-refractivity contribution is 0.423. The molecule has 0 saturated carbocycles. The fourth-order valence-corrected chi connectivity index (χ4v) is 1.27. The van der Waals surface area contributed by atoms with Crippen LogP contribution in [0.4, 0.5) is 0 Å². The Morgan fingerprint density at radius 1 is 1.67 bits per heavy atom. The van der Waals surface area contributed by atoms with E-state index in [1.807, 2.05) is 0 Å². The Morgan fingerprint density at radius 3 is 2.78 bits per heavy atom. The van der Waals surface area contributed by atoms with E-state index in [4.69, 9.17) is 0 Å². The van der Waals surface area contributed by atoms with Gasteiger partial charge in [0.25, 0.3) is 0 Å². The Bertz CT molecular complexity index is 101. The summed E-state index contributed by atoms with van der Waals surface area (Å²) in [4.78, 5) is 0. The molecule has 1 heteroatoms. The maximum atomic E-state index is 3.94. The van der Waals surface area contributed by atoms with E-state index in [1.165, 1.54) is 25.0 Å². The van der Waals surface area contributed by atoms with Crippen LogP contribution in [0.3, 0.4) is 0 Å².